The fourth-order valence-electron chi connectivity index (χ4n) is 0.716. The third-order valence-corrected chi connectivity index (χ3v) is 1.96. The lowest BCUT2D eigenvalue weighted by atomic mass is 10.2. The molecule has 0 aliphatic heterocycles. The molecule has 10 heavy (non-hydrogen) atoms. The average Bonchev–Trinajstić information content (AvgIpc) is 1.88. The van der Waals surface area contributed by atoms with E-state index < -0.39 is 0 Å². The van der Waals surface area contributed by atoms with Gasteiger partial charge in [0.15, 0.2) is 0 Å². The van der Waals surface area contributed by atoms with E-state index in [1.807, 2.05) is 13.0 Å². The Balaban J connectivity index is 3.17. The van der Waals surface area contributed by atoms with E-state index in [0.29, 0.717) is 11.0 Å². The number of aryl methyl sites for hydroxylation is 1. The third-order valence-electron chi connectivity index (χ3n) is 1.37. The molecule has 0 aliphatic rings. The van der Waals surface area contributed by atoms with Crippen molar-refractivity contribution >= 4 is 23.2 Å². The van der Waals surface area contributed by atoms with Gasteiger partial charge >= 0.3 is 0 Å². The monoisotopic (exact) mass is 175 g/mol. The number of hydrogen-bond acceptors (Lipinski definition) is 1. The molecule has 1 heterocycles. The van der Waals surface area contributed by atoms with Gasteiger partial charge in [0.1, 0.15) is 5.15 Å². The van der Waals surface area contributed by atoms with Crippen LogP contribution in [0.25, 0.3) is 0 Å². The summed E-state index contributed by atoms with van der Waals surface area (Å²) in [6, 6.07) is 1.89. The van der Waals surface area contributed by atoms with E-state index in [4.69, 9.17) is 23.2 Å². The number of aromatic nitrogens is 1. The van der Waals surface area contributed by atoms with Gasteiger partial charge in [-0.3, -0.25) is 0 Å². The summed E-state index contributed by atoms with van der Waals surface area (Å²) in [5.74, 6) is 0.429. The predicted octanol–water partition coefficient (Wildman–Crippen LogP) is 2.78. The Kier molecular flexibility index (Phi) is 2.52. The highest BCUT2D eigenvalue weighted by atomic mass is 35.5. The molecule has 0 amide bonds. The van der Waals surface area contributed by atoms with E-state index in [-0.39, 0.29) is 0 Å². The molecule has 0 N–H and O–H groups in total. The van der Waals surface area contributed by atoms with E-state index in [9.17, 15) is 0 Å². The molecule has 0 saturated heterocycles. The molecule has 0 fully saturated rings. The Labute approximate surface area is 70.0 Å². The third kappa shape index (κ3) is 1.41. The van der Waals surface area contributed by atoms with Gasteiger partial charge in [-0.15, -0.1) is 11.6 Å². The van der Waals surface area contributed by atoms with Crippen LogP contribution in [0, 0.1) is 6.92 Å². The second-order valence-corrected chi connectivity index (χ2v) is 2.66. The van der Waals surface area contributed by atoms with Crippen molar-refractivity contribution in [2.75, 3.05) is 0 Å². The number of nitrogens with zero attached hydrogens (tertiary/aromatic N) is 1. The second kappa shape index (κ2) is 3.22. The smallest absolute Gasteiger partial charge is 0.133 e. The Morgan fingerprint density at radius 1 is 1.60 bits per heavy atom. The predicted molar refractivity (Wildman–Crippen MR) is 43.5 cm³/mol. The molecule has 0 spiro atoms. The molecule has 0 aromatic carbocycles. The van der Waals surface area contributed by atoms with E-state index in [1.165, 1.54) is 0 Å². The molecular formula is C7H7Cl2N. The molecule has 1 aromatic heterocycles. The number of rotatable bonds is 1. The van der Waals surface area contributed by atoms with Crippen molar-refractivity contribution in [3.8, 4) is 0 Å². The molecule has 0 bridgehead atoms. The highest BCUT2D eigenvalue weighted by molar-refractivity contribution is 6.31. The molecule has 0 atom stereocenters. The van der Waals surface area contributed by atoms with Gasteiger partial charge in [0.2, 0.25) is 0 Å². The van der Waals surface area contributed by atoms with Crippen molar-refractivity contribution in [2.24, 2.45) is 0 Å². The van der Waals surface area contributed by atoms with Gasteiger partial charge in [-0.1, -0.05) is 11.6 Å². The van der Waals surface area contributed by atoms with Gasteiger partial charge in [-0.2, -0.15) is 0 Å². The summed E-state index contributed by atoms with van der Waals surface area (Å²) in [5, 5.41) is 0.509. The van der Waals surface area contributed by atoms with Gasteiger partial charge in [0, 0.05) is 11.8 Å². The minimum absolute atomic E-state index is 0.429. The summed E-state index contributed by atoms with van der Waals surface area (Å²) in [6.07, 6.45) is 1.67. The van der Waals surface area contributed by atoms with E-state index >= 15 is 0 Å². The number of alkyl halides is 1. The zero-order valence-corrected chi connectivity index (χ0v) is 7.08. The Morgan fingerprint density at radius 2 is 2.30 bits per heavy atom. The molecule has 3 heteroatoms. The summed E-state index contributed by atoms with van der Waals surface area (Å²) >= 11 is 11.3. The lowest BCUT2D eigenvalue weighted by molar-refractivity contribution is 1.19. The van der Waals surface area contributed by atoms with Crippen LogP contribution in [0.4, 0.5) is 0 Å². The first-order valence-electron chi connectivity index (χ1n) is 2.91. The first-order chi connectivity index (χ1) is 4.75. The van der Waals surface area contributed by atoms with Crippen LogP contribution in [-0.2, 0) is 5.88 Å². The van der Waals surface area contributed by atoms with Crippen molar-refractivity contribution in [3.05, 3.63) is 28.5 Å². The second-order valence-electron chi connectivity index (χ2n) is 2.03. The van der Waals surface area contributed by atoms with Crippen molar-refractivity contribution in [1.29, 1.82) is 0 Å². The van der Waals surface area contributed by atoms with Gasteiger partial charge in [0.25, 0.3) is 0 Å². The fourth-order valence-corrected chi connectivity index (χ4v) is 1.39. The van der Waals surface area contributed by atoms with Crippen LogP contribution in [0.15, 0.2) is 12.3 Å². The molecule has 1 rings (SSSR count). The minimum atomic E-state index is 0.429. The van der Waals surface area contributed by atoms with Gasteiger partial charge < -0.3 is 0 Å². The van der Waals surface area contributed by atoms with Crippen LogP contribution < -0.4 is 0 Å². The minimum Gasteiger partial charge on any atom is -0.244 e. The van der Waals surface area contributed by atoms with Crippen LogP contribution in [-0.4, -0.2) is 4.98 Å². The largest absolute Gasteiger partial charge is 0.244 e. The Bertz CT molecular complexity index is 215. The van der Waals surface area contributed by atoms with Gasteiger partial charge in [-0.25, -0.2) is 4.98 Å². The van der Waals surface area contributed by atoms with Crippen LogP contribution in [0.2, 0.25) is 5.15 Å². The highest BCUT2D eigenvalue weighted by Gasteiger charge is 2.01. The standard InChI is InChI=1S/C7H7Cl2N/c1-5-2-3-10-7(9)6(5)4-8/h2-3H,4H2,1H3. The maximum Gasteiger partial charge on any atom is 0.133 e. The molecule has 54 valence electrons. The zero-order valence-electron chi connectivity index (χ0n) is 5.56. The van der Waals surface area contributed by atoms with Crippen molar-refractivity contribution < 1.29 is 0 Å². The van der Waals surface area contributed by atoms with Crippen molar-refractivity contribution in [3.63, 3.8) is 0 Å². The maximum absolute atomic E-state index is 5.73. The number of hydrogen-bond donors (Lipinski definition) is 0. The van der Waals surface area contributed by atoms with Crippen LogP contribution in [0.1, 0.15) is 11.1 Å². The molecular weight excluding hydrogens is 169 g/mol. The molecule has 1 aromatic rings. The van der Waals surface area contributed by atoms with Crippen molar-refractivity contribution in [1.82, 2.24) is 4.98 Å². The first-order valence-corrected chi connectivity index (χ1v) is 3.83. The molecule has 0 unspecified atom stereocenters. The number of halogens is 2. The summed E-state index contributed by atoms with van der Waals surface area (Å²) in [5.41, 5.74) is 2.01. The van der Waals surface area contributed by atoms with Gasteiger partial charge in [-0.05, 0) is 18.6 Å². The summed E-state index contributed by atoms with van der Waals surface area (Å²) in [7, 11) is 0. The van der Waals surface area contributed by atoms with E-state index in [2.05, 4.69) is 4.98 Å². The normalized spacial score (nSPS) is 9.90. The highest BCUT2D eigenvalue weighted by Crippen LogP contribution is 2.17. The van der Waals surface area contributed by atoms with Gasteiger partial charge in [0.05, 0.1) is 5.88 Å². The van der Waals surface area contributed by atoms with E-state index in [0.717, 1.165) is 11.1 Å². The van der Waals surface area contributed by atoms with E-state index in [1.54, 1.807) is 6.20 Å². The number of pyridine rings is 1. The Morgan fingerprint density at radius 3 is 2.70 bits per heavy atom. The van der Waals surface area contributed by atoms with Crippen LogP contribution >= 0.6 is 23.2 Å². The quantitative estimate of drug-likeness (QED) is 0.473. The molecule has 0 saturated carbocycles. The summed E-state index contributed by atoms with van der Waals surface area (Å²) in [6.45, 7) is 1.96. The fraction of sp³-hybridized carbons (Fsp3) is 0.286. The van der Waals surface area contributed by atoms with Crippen molar-refractivity contribution in [2.45, 2.75) is 12.8 Å². The zero-order chi connectivity index (χ0) is 7.56. The Hall–Kier alpha value is -0.270. The lowest BCUT2D eigenvalue weighted by Crippen LogP contribution is -1.88. The summed E-state index contributed by atoms with van der Waals surface area (Å²) < 4.78 is 0. The lowest BCUT2D eigenvalue weighted by Gasteiger charge is -2.00. The molecule has 0 radical (unpaired) electrons. The van der Waals surface area contributed by atoms with Crippen LogP contribution in [0.3, 0.4) is 0 Å². The maximum atomic E-state index is 5.73. The summed E-state index contributed by atoms with van der Waals surface area (Å²) in [4.78, 5) is 3.89. The molecule has 1 nitrogen and oxygen atoms in total. The average molecular weight is 176 g/mol. The molecule has 0 aliphatic carbocycles. The van der Waals surface area contributed by atoms with Crippen LogP contribution in [0.5, 0.6) is 0 Å². The first kappa shape index (κ1) is 7.83. The topological polar surface area (TPSA) is 12.9 Å². The SMILES string of the molecule is Cc1ccnc(Cl)c1CCl.